The number of rotatable bonds is 6. The van der Waals surface area contributed by atoms with Crippen LogP contribution in [0.3, 0.4) is 0 Å². The Labute approximate surface area is 93.7 Å². The van der Waals surface area contributed by atoms with Crippen molar-refractivity contribution in [2.45, 2.75) is 13.0 Å². The van der Waals surface area contributed by atoms with Crippen LogP contribution >= 0.6 is 11.6 Å². The lowest BCUT2D eigenvalue weighted by atomic mass is 10.2. The van der Waals surface area contributed by atoms with Crippen molar-refractivity contribution in [3.05, 3.63) is 35.9 Å². The second-order valence-electron chi connectivity index (χ2n) is 3.30. The lowest BCUT2D eigenvalue weighted by molar-refractivity contribution is 0.0878. The Balaban J connectivity index is 2.50. The summed E-state index contributed by atoms with van der Waals surface area (Å²) in [4.78, 5) is 1.66. The largest absolute Gasteiger partial charge is 0.292 e. The van der Waals surface area contributed by atoms with E-state index in [0.717, 1.165) is 5.56 Å². The molecule has 84 valence electrons. The van der Waals surface area contributed by atoms with Crippen LogP contribution in [0.5, 0.6) is 0 Å². The fraction of sp³-hybridized carbons (Fsp3) is 0.455. The van der Waals surface area contributed by atoms with Crippen molar-refractivity contribution in [3.8, 4) is 0 Å². The minimum absolute atomic E-state index is 0.221. The van der Waals surface area contributed by atoms with Gasteiger partial charge in [-0.15, -0.1) is 11.6 Å². The fourth-order valence-electron chi connectivity index (χ4n) is 1.39. The fourth-order valence-corrected chi connectivity index (χ4v) is 1.63. The zero-order chi connectivity index (χ0) is 11.1. The first-order valence-electron chi connectivity index (χ1n) is 4.82. The number of nitrogens with zero attached hydrogens (tertiary/aromatic N) is 1. The highest BCUT2D eigenvalue weighted by molar-refractivity contribution is 6.18. The lowest BCUT2D eigenvalue weighted by Crippen LogP contribution is -2.30. The third-order valence-corrected chi connectivity index (χ3v) is 2.21. The van der Waals surface area contributed by atoms with E-state index < -0.39 is 6.43 Å². The van der Waals surface area contributed by atoms with Crippen molar-refractivity contribution in [1.82, 2.24) is 4.90 Å². The third kappa shape index (κ3) is 5.09. The van der Waals surface area contributed by atoms with E-state index in [1.807, 2.05) is 30.3 Å². The summed E-state index contributed by atoms with van der Waals surface area (Å²) < 4.78 is 24.5. The van der Waals surface area contributed by atoms with Crippen LogP contribution in [0.2, 0.25) is 0 Å². The SMILES string of the molecule is FC(F)CN(CCCl)Cc1ccccc1. The monoisotopic (exact) mass is 233 g/mol. The molecule has 4 heteroatoms. The van der Waals surface area contributed by atoms with E-state index in [1.165, 1.54) is 0 Å². The topological polar surface area (TPSA) is 3.24 Å². The Morgan fingerprint density at radius 3 is 2.40 bits per heavy atom. The summed E-state index contributed by atoms with van der Waals surface area (Å²) in [5.41, 5.74) is 1.03. The standard InChI is InChI=1S/C11H14ClF2N/c12-6-7-15(9-11(13)14)8-10-4-2-1-3-5-10/h1-5,11H,6-9H2. The molecule has 1 rings (SSSR count). The van der Waals surface area contributed by atoms with Gasteiger partial charge in [0.05, 0.1) is 6.54 Å². The molecular formula is C11H14ClF2N. The van der Waals surface area contributed by atoms with Crippen LogP contribution in [-0.4, -0.2) is 30.3 Å². The molecule has 0 saturated carbocycles. The van der Waals surface area contributed by atoms with Gasteiger partial charge < -0.3 is 0 Å². The van der Waals surface area contributed by atoms with E-state index >= 15 is 0 Å². The van der Waals surface area contributed by atoms with Gasteiger partial charge in [-0.1, -0.05) is 30.3 Å². The highest BCUT2D eigenvalue weighted by atomic mass is 35.5. The van der Waals surface area contributed by atoms with Crippen LogP contribution in [0.1, 0.15) is 5.56 Å². The van der Waals surface area contributed by atoms with Gasteiger partial charge in [0, 0.05) is 19.0 Å². The quantitative estimate of drug-likeness (QED) is 0.683. The van der Waals surface area contributed by atoms with E-state index in [2.05, 4.69) is 0 Å². The van der Waals surface area contributed by atoms with Gasteiger partial charge >= 0.3 is 0 Å². The molecule has 0 amide bonds. The third-order valence-electron chi connectivity index (χ3n) is 2.05. The summed E-state index contributed by atoms with van der Waals surface area (Å²) in [6.07, 6.45) is -2.31. The van der Waals surface area contributed by atoms with E-state index in [4.69, 9.17) is 11.6 Å². The molecule has 1 aromatic carbocycles. The molecule has 0 atom stereocenters. The molecule has 0 N–H and O–H groups in total. The summed E-state index contributed by atoms with van der Waals surface area (Å²) in [7, 11) is 0. The zero-order valence-corrected chi connectivity index (χ0v) is 9.13. The number of benzene rings is 1. The molecule has 0 radical (unpaired) electrons. The van der Waals surface area contributed by atoms with Gasteiger partial charge in [0.1, 0.15) is 0 Å². The van der Waals surface area contributed by atoms with E-state index in [9.17, 15) is 8.78 Å². The molecule has 1 nitrogen and oxygen atoms in total. The predicted molar refractivity (Wildman–Crippen MR) is 58.4 cm³/mol. The number of alkyl halides is 3. The maximum absolute atomic E-state index is 12.2. The van der Waals surface area contributed by atoms with Crippen molar-refractivity contribution in [2.24, 2.45) is 0 Å². The zero-order valence-electron chi connectivity index (χ0n) is 8.37. The Kier molecular flexibility index (Phi) is 5.58. The molecule has 0 spiro atoms. The number of halogens is 3. The first kappa shape index (κ1) is 12.4. The van der Waals surface area contributed by atoms with Crippen molar-refractivity contribution in [2.75, 3.05) is 19.0 Å². The average molecular weight is 234 g/mol. The van der Waals surface area contributed by atoms with Gasteiger partial charge in [-0.05, 0) is 5.56 Å². The maximum atomic E-state index is 12.2. The smallest absolute Gasteiger partial charge is 0.251 e. The van der Waals surface area contributed by atoms with Gasteiger partial charge in [0.2, 0.25) is 0 Å². The summed E-state index contributed by atoms with van der Waals surface area (Å²) in [6, 6.07) is 9.55. The Hall–Kier alpha value is -0.670. The molecule has 0 unspecified atom stereocenters. The summed E-state index contributed by atoms with van der Waals surface area (Å²) in [5.74, 6) is 0.375. The number of hydrogen-bond acceptors (Lipinski definition) is 1. The van der Waals surface area contributed by atoms with Gasteiger partial charge in [0.15, 0.2) is 0 Å². The van der Waals surface area contributed by atoms with E-state index in [1.54, 1.807) is 4.90 Å². The van der Waals surface area contributed by atoms with Gasteiger partial charge in [-0.2, -0.15) is 0 Å². The van der Waals surface area contributed by atoms with Crippen LogP contribution in [0, 0.1) is 0 Å². The number of hydrogen-bond donors (Lipinski definition) is 0. The van der Waals surface area contributed by atoms with Crippen LogP contribution in [0.4, 0.5) is 8.78 Å². The molecule has 0 bridgehead atoms. The second kappa shape index (κ2) is 6.75. The Morgan fingerprint density at radius 2 is 1.87 bits per heavy atom. The summed E-state index contributed by atoms with van der Waals surface area (Å²) in [5, 5.41) is 0. The minimum Gasteiger partial charge on any atom is -0.292 e. The molecule has 0 fully saturated rings. The van der Waals surface area contributed by atoms with Crippen LogP contribution in [0.25, 0.3) is 0 Å². The van der Waals surface area contributed by atoms with Crippen LogP contribution in [0.15, 0.2) is 30.3 Å². The van der Waals surface area contributed by atoms with Gasteiger partial charge in [-0.3, -0.25) is 4.90 Å². The van der Waals surface area contributed by atoms with Crippen LogP contribution < -0.4 is 0 Å². The van der Waals surface area contributed by atoms with Crippen molar-refractivity contribution >= 4 is 11.6 Å². The van der Waals surface area contributed by atoms with Crippen LogP contribution in [-0.2, 0) is 6.54 Å². The normalized spacial score (nSPS) is 11.3. The molecule has 15 heavy (non-hydrogen) atoms. The van der Waals surface area contributed by atoms with Gasteiger partial charge in [0.25, 0.3) is 6.43 Å². The second-order valence-corrected chi connectivity index (χ2v) is 3.68. The maximum Gasteiger partial charge on any atom is 0.251 e. The molecule has 0 aliphatic heterocycles. The van der Waals surface area contributed by atoms with Crippen molar-refractivity contribution in [1.29, 1.82) is 0 Å². The highest BCUT2D eigenvalue weighted by Gasteiger charge is 2.11. The first-order valence-corrected chi connectivity index (χ1v) is 5.36. The molecule has 0 aromatic heterocycles. The van der Waals surface area contributed by atoms with E-state index in [-0.39, 0.29) is 6.54 Å². The Bertz CT molecular complexity index is 267. The predicted octanol–water partition coefficient (Wildman–Crippen LogP) is 2.99. The molecule has 0 aliphatic carbocycles. The average Bonchev–Trinajstić information content (AvgIpc) is 2.18. The first-order chi connectivity index (χ1) is 7.22. The van der Waals surface area contributed by atoms with Crippen molar-refractivity contribution < 1.29 is 8.78 Å². The molecule has 1 aromatic rings. The molecular weight excluding hydrogens is 220 g/mol. The highest BCUT2D eigenvalue weighted by Crippen LogP contribution is 2.07. The summed E-state index contributed by atoms with van der Waals surface area (Å²) >= 11 is 5.56. The lowest BCUT2D eigenvalue weighted by Gasteiger charge is -2.20. The minimum atomic E-state index is -2.31. The molecule has 0 saturated heterocycles. The summed E-state index contributed by atoms with van der Waals surface area (Å²) in [6.45, 7) is 0.792. The molecule has 0 heterocycles. The van der Waals surface area contributed by atoms with E-state index in [0.29, 0.717) is 19.0 Å². The Morgan fingerprint density at radius 1 is 1.20 bits per heavy atom. The van der Waals surface area contributed by atoms with Gasteiger partial charge in [-0.25, -0.2) is 8.78 Å². The molecule has 0 aliphatic rings. The van der Waals surface area contributed by atoms with Crippen molar-refractivity contribution in [3.63, 3.8) is 0 Å².